The van der Waals surface area contributed by atoms with Crippen molar-refractivity contribution in [2.75, 3.05) is 34.0 Å². The predicted octanol–water partition coefficient (Wildman–Crippen LogP) is 0.711. The molecule has 14 heteroatoms. The first-order chi connectivity index (χ1) is 22.0. The summed E-state index contributed by atoms with van der Waals surface area (Å²) in [7, 11) is 2.88. The molecule has 46 heavy (non-hydrogen) atoms. The first-order valence-corrected chi connectivity index (χ1v) is 15.1. The van der Waals surface area contributed by atoms with Gasteiger partial charge < -0.3 is 48.8 Å². The second kappa shape index (κ2) is 11.3. The molecule has 3 heterocycles. The molecular weight excluding hydrogens is 606 g/mol. The predicted molar refractivity (Wildman–Crippen MR) is 154 cm³/mol. The lowest BCUT2D eigenvalue weighted by molar-refractivity contribution is -0.256. The summed E-state index contributed by atoms with van der Waals surface area (Å²) in [5.41, 5.74) is -3.43. The number of carbonyl (C=O) groups excluding carboxylic acids is 3. The monoisotopic (exact) mass is 641 g/mol. The highest BCUT2D eigenvalue weighted by Crippen LogP contribution is 2.53. The van der Waals surface area contributed by atoms with Crippen molar-refractivity contribution in [1.29, 1.82) is 0 Å². The minimum absolute atomic E-state index is 0.0353. The van der Waals surface area contributed by atoms with Gasteiger partial charge in [0.2, 0.25) is 5.78 Å². The molecule has 14 nitrogen and oxygen atoms in total. The molecule has 4 N–H and O–H groups in total. The third kappa shape index (κ3) is 4.51. The van der Waals surface area contributed by atoms with Gasteiger partial charge in [-0.3, -0.25) is 19.3 Å². The Bertz CT molecular complexity index is 1630. The van der Waals surface area contributed by atoms with Crippen LogP contribution in [0.1, 0.15) is 68.8 Å². The van der Waals surface area contributed by atoms with E-state index in [0.29, 0.717) is 19.6 Å². The van der Waals surface area contributed by atoms with Crippen LogP contribution >= 0.6 is 0 Å². The van der Waals surface area contributed by atoms with Gasteiger partial charge >= 0.3 is 0 Å². The number of methoxy groups -OCH3 is 2. The number of benzene rings is 2. The van der Waals surface area contributed by atoms with E-state index in [1.165, 1.54) is 32.4 Å². The van der Waals surface area contributed by atoms with E-state index in [-0.39, 0.29) is 40.1 Å². The molecule has 3 aliphatic heterocycles. The average molecular weight is 642 g/mol. The van der Waals surface area contributed by atoms with E-state index in [1.54, 1.807) is 0 Å². The fourth-order valence-corrected chi connectivity index (χ4v) is 7.69. The first kappa shape index (κ1) is 31.1. The standard InChI is InChI=1S/C32H35NO13/c1-13-29-16(33-7-8-43-31(42-3)30(33)46-29)9-20(44-13)45-18-11-32(40,19(35)12-34)10-15-22(18)28(39)24-23(26(15)37)25(36)14-5-4-6-17(41-2)21(14)27(24)38/h4-6,13,16,18,20,29-31,34,37,39-40H,7-12H2,1-3H3/t13-,16-,18-,20-,29+,30+,31-,32-/m1/s1. The number of aromatic hydroxyl groups is 2. The van der Waals surface area contributed by atoms with Crippen LogP contribution in [0.2, 0.25) is 0 Å². The van der Waals surface area contributed by atoms with Crippen molar-refractivity contribution in [3.63, 3.8) is 0 Å². The Balaban J connectivity index is 1.30. The summed E-state index contributed by atoms with van der Waals surface area (Å²) < 4.78 is 35.3. The van der Waals surface area contributed by atoms with Crippen molar-refractivity contribution < 1.29 is 63.2 Å². The van der Waals surface area contributed by atoms with Crippen molar-refractivity contribution in [3.8, 4) is 17.2 Å². The van der Waals surface area contributed by atoms with Crippen LogP contribution in [0.15, 0.2) is 18.2 Å². The molecule has 0 unspecified atom stereocenters. The van der Waals surface area contributed by atoms with E-state index in [4.69, 9.17) is 28.4 Å². The summed E-state index contributed by atoms with van der Waals surface area (Å²) in [5.74, 6) is -3.61. The van der Waals surface area contributed by atoms with E-state index >= 15 is 0 Å². The number of rotatable bonds is 6. The van der Waals surface area contributed by atoms with Crippen molar-refractivity contribution in [2.45, 2.75) is 74.9 Å². The van der Waals surface area contributed by atoms with Crippen molar-refractivity contribution in [3.05, 3.63) is 51.6 Å². The van der Waals surface area contributed by atoms with Gasteiger partial charge in [0.1, 0.15) is 35.6 Å². The Morgan fingerprint density at radius 3 is 2.57 bits per heavy atom. The van der Waals surface area contributed by atoms with Gasteiger partial charge in [0.15, 0.2) is 30.4 Å². The third-order valence-electron chi connectivity index (χ3n) is 9.84. The fraction of sp³-hybridized carbons (Fsp3) is 0.531. The van der Waals surface area contributed by atoms with E-state index in [0.717, 1.165) is 0 Å². The van der Waals surface area contributed by atoms with Crippen LogP contribution in [0, 0.1) is 0 Å². The number of phenolic OH excluding ortho intramolecular Hbond substituents is 2. The topological polar surface area (TPSA) is 191 Å². The van der Waals surface area contributed by atoms with Crippen LogP contribution in [-0.4, -0.2) is 119 Å². The smallest absolute Gasteiger partial charge is 0.202 e. The quantitative estimate of drug-likeness (QED) is 0.275. The Kier molecular flexibility index (Phi) is 7.68. The van der Waals surface area contributed by atoms with Gasteiger partial charge in [-0.2, -0.15) is 0 Å². The van der Waals surface area contributed by atoms with Crippen LogP contribution in [-0.2, 0) is 34.9 Å². The zero-order chi connectivity index (χ0) is 32.7. The maximum atomic E-state index is 13.9. The number of Topliss-reactive ketones (excluding diaryl/α,β-unsaturated/α-hetero) is 1. The normalized spacial score (nSPS) is 33.5. The SMILES string of the molecule is COc1cccc2c1C(=O)c1c(O)c3c(c(O)c1C2=O)C[C@](O)(C(=O)CO)C[C@H]3O[C@@H]1C[C@@H]2[C@@H](O[C@H]3[C@H](OC)OCCN23)[C@@H](C)O1. The maximum absolute atomic E-state index is 13.9. The first-order valence-electron chi connectivity index (χ1n) is 15.1. The van der Waals surface area contributed by atoms with E-state index in [1.807, 2.05) is 6.92 Å². The third-order valence-corrected chi connectivity index (χ3v) is 9.84. The largest absolute Gasteiger partial charge is 0.507 e. The summed E-state index contributed by atoms with van der Waals surface area (Å²) >= 11 is 0. The van der Waals surface area contributed by atoms with Crippen LogP contribution in [0.4, 0.5) is 0 Å². The van der Waals surface area contributed by atoms with Crippen molar-refractivity contribution in [2.24, 2.45) is 0 Å². The van der Waals surface area contributed by atoms with E-state index in [9.17, 15) is 34.8 Å². The molecule has 0 saturated carbocycles. The number of phenols is 2. The number of aliphatic hydroxyl groups excluding tert-OH is 1. The van der Waals surface area contributed by atoms with Crippen molar-refractivity contribution in [1.82, 2.24) is 4.90 Å². The number of carbonyl (C=O) groups is 3. The zero-order valence-corrected chi connectivity index (χ0v) is 25.4. The lowest BCUT2D eigenvalue weighted by atomic mass is 9.72. The van der Waals surface area contributed by atoms with Gasteiger partial charge in [0.05, 0.1) is 42.6 Å². The Hall–Kier alpha value is -3.47. The minimum Gasteiger partial charge on any atom is -0.507 e. The lowest BCUT2D eigenvalue weighted by Gasteiger charge is -2.43. The Morgan fingerprint density at radius 2 is 1.85 bits per heavy atom. The second-order valence-corrected chi connectivity index (χ2v) is 12.3. The summed E-state index contributed by atoms with van der Waals surface area (Å²) in [6, 6.07) is 4.26. The molecule has 0 radical (unpaired) electrons. The number of ether oxygens (including phenoxy) is 6. The van der Waals surface area contributed by atoms with Gasteiger partial charge in [-0.1, -0.05) is 12.1 Å². The summed E-state index contributed by atoms with van der Waals surface area (Å²) in [4.78, 5) is 42.6. The van der Waals surface area contributed by atoms with E-state index in [2.05, 4.69) is 4.90 Å². The van der Waals surface area contributed by atoms with Gasteiger partial charge in [0.25, 0.3) is 0 Å². The number of fused-ring (bicyclic) bond motifs is 6. The van der Waals surface area contributed by atoms with Crippen LogP contribution in [0.5, 0.6) is 17.2 Å². The fourth-order valence-electron chi connectivity index (χ4n) is 7.69. The Labute approximate surface area is 263 Å². The highest BCUT2D eigenvalue weighted by molar-refractivity contribution is 6.31. The average Bonchev–Trinajstić information content (AvgIpc) is 3.43. The van der Waals surface area contributed by atoms with Gasteiger partial charge in [-0.25, -0.2) is 0 Å². The highest BCUT2D eigenvalue weighted by Gasteiger charge is 2.55. The molecule has 2 aromatic carbocycles. The maximum Gasteiger partial charge on any atom is 0.202 e. The molecule has 3 saturated heterocycles. The molecule has 2 aromatic rings. The molecular formula is C32H35NO13. The molecule has 5 aliphatic rings. The van der Waals surface area contributed by atoms with Crippen LogP contribution in [0.3, 0.4) is 0 Å². The lowest BCUT2D eigenvalue weighted by Crippen LogP contribution is -2.55. The second-order valence-electron chi connectivity index (χ2n) is 12.3. The zero-order valence-electron chi connectivity index (χ0n) is 25.4. The van der Waals surface area contributed by atoms with Crippen molar-refractivity contribution >= 4 is 17.3 Å². The number of morpholine rings is 1. The summed E-state index contributed by atoms with van der Waals surface area (Å²) in [6.07, 6.45) is -4.79. The number of nitrogens with zero attached hydrogens (tertiary/aromatic N) is 1. The Morgan fingerprint density at radius 1 is 1.09 bits per heavy atom. The van der Waals surface area contributed by atoms with E-state index < -0.39 is 96.0 Å². The molecule has 2 aliphatic carbocycles. The van der Waals surface area contributed by atoms with Gasteiger partial charge in [0, 0.05) is 55.6 Å². The molecule has 3 fully saturated rings. The highest BCUT2D eigenvalue weighted by atomic mass is 16.7. The number of hydrogen-bond donors (Lipinski definition) is 4. The van der Waals surface area contributed by atoms with Gasteiger partial charge in [-0.05, 0) is 13.0 Å². The molecule has 246 valence electrons. The molecule has 0 bridgehead atoms. The summed E-state index contributed by atoms with van der Waals surface area (Å²) in [5, 5.41) is 44.5. The molecule has 0 amide bonds. The number of ketones is 3. The molecule has 0 spiro atoms. The number of hydrogen-bond acceptors (Lipinski definition) is 14. The van der Waals surface area contributed by atoms with Gasteiger partial charge in [-0.15, -0.1) is 0 Å². The van der Waals surface area contributed by atoms with Crippen LogP contribution < -0.4 is 4.74 Å². The summed E-state index contributed by atoms with van der Waals surface area (Å²) in [6.45, 7) is 1.82. The molecule has 7 rings (SSSR count). The van der Waals surface area contributed by atoms with Crippen LogP contribution in [0.25, 0.3) is 0 Å². The number of aliphatic hydroxyl groups is 2. The minimum atomic E-state index is -2.23. The molecule has 0 aromatic heterocycles. The molecule has 8 atom stereocenters.